The molecule has 0 aliphatic carbocycles. The summed E-state index contributed by atoms with van der Waals surface area (Å²) in [4.78, 5) is 35.9. The van der Waals surface area contributed by atoms with Crippen molar-refractivity contribution in [3.63, 3.8) is 0 Å². The summed E-state index contributed by atoms with van der Waals surface area (Å²) in [7, 11) is 1.30. The van der Waals surface area contributed by atoms with Gasteiger partial charge in [0.15, 0.2) is 0 Å². The van der Waals surface area contributed by atoms with Gasteiger partial charge in [0.2, 0.25) is 5.88 Å². The topological polar surface area (TPSA) is 132 Å². The van der Waals surface area contributed by atoms with Crippen molar-refractivity contribution < 1.29 is 24.2 Å². The van der Waals surface area contributed by atoms with Crippen LogP contribution >= 0.6 is 0 Å². The first-order chi connectivity index (χ1) is 7.95. The molecule has 0 aromatic carbocycles. The number of aliphatic carboxylic acids is 1. The molecular weight excluding hydrogens is 230 g/mol. The molecule has 0 saturated carbocycles. The van der Waals surface area contributed by atoms with Crippen LogP contribution in [-0.4, -0.2) is 35.0 Å². The third kappa shape index (κ3) is 2.91. The molecule has 1 rings (SSSR count). The summed E-state index contributed by atoms with van der Waals surface area (Å²) >= 11 is 0. The molecule has 0 atom stereocenters. The number of pyridine rings is 1. The van der Waals surface area contributed by atoms with Gasteiger partial charge in [0, 0.05) is 0 Å². The van der Waals surface area contributed by atoms with E-state index in [9.17, 15) is 14.4 Å². The molecule has 0 bridgehead atoms. The van der Waals surface area contributed by atoms with Gasteiger partial charge in [0.1, 0.15) is 5.56 Å². The zero-order valence-electron chi connectivity index (χ0n) is 8.76. The van der Waals surface area contributed by atoms with E-state index in [-0.39, 0.29) is 17.1 Å². The predicted octanol–water partition coefficient (Wildman–Crippen LogP) is -0.788. The number of hydrogen-bond acceptors (Lipinski definition) is 5. The van der Waals surface area contributed by atoms with Crippen molar-refractivity contribution in [1.29, 1.82) is 0 Å². The van der Waals surface area contributed by atoms with E-state index >= 15 is 0 Å². The molecule has 4 N–H and O–H groups in total. The zero-order chi connectivity index (χ0) is 13.0. The number of carbonyl (C=O) groups is 3. The second kappa shape index (κ2) is 4.92. The van der Waals surface area contributed by atoms with E-state index in [1.54, 1.807) is 0 Å². The Labute approximate surface area is 95.4 Å². The molecule has 8 nitrogen and oxygen atoms in total. The SMILES string of the molecule is COc1ncc(NC(=O)C(=O)O)cc1C(N)=O. The van der Waals surface area contributed by atoms with Gasteiger partial charge in [-0.25, -0.2) is 9.78 Å². The van der Waals surface area contributed by atoms with Crippen LogP contribution in [0.1, 0.15) is 10.4 Å². The third-order valence-corrected chi connectivity index (χ3v) is 1.76. The summed E-state index contributed by atoms with van der Waals surface area (Å²) in [5.74, 6) is -3.71. The highest BCUT2D eigenvalue weighted by Crippen LogP contribution is 2.18. The van der Waals surface area contributed by atoms with Crippen molar-refractivity contribution in [2.45, 2.75) is 0 Å². The number of rotatable bonds is 3. The number of nitrogens with two attached hydrogens (primary N) is 1. The smallest absolute Gasteiger partial charge is 0.394 e. The summed E-state index contributed by atoms with van der Waals surface area (Å²) in [6.07, 6.45) is 1.14. The summed E-state index contributed by atoms with van der Waals surface area (Å²) in [6, 6.07) is 1.18. The number of aromatic nitrogens is 1. The van der Waals surface area contributed by atoms with Crippen LogP contribution in [0.3, 0.4) is 0 Å². The Morgan fingerprint density at radius 1 is 1.47 bits per heavy atom. The highest BCUT2D eigenvalue weighted by molar-refractivity contribution is 6.36. The Balaban J connectivity index is 3.04. The second-order valence-electron chi connectivity index (χ2n) is 2.90. The lowest BCUT2D eigenvalue weighted by Gasteiger charge is -2.07. The van der Waals surface area contributed by atoms with Gasteiger partial charge in [0.25, 0.3) is 5.91 Å². The van der Waals surface area contributed by atoms with Crippen LogP contribution in [0.4, 0.5) is 5.69 Å². The van der Waals surface area contributed by atoms with Crippen LogP contribution in [0.2, 0.25) is 0 Å². The van der Waals surface area contributed by atoms with Gasteiger partial charge in [-0.3, -0.25) is 9.59 Å². The fraction of sp³-hybridized carbons (Fsp3) is 0.111. The Kier molecular flexibility index (Phi) is 3.60. The van der Waals surface area contributed by atoms with E-state index in [4.69, 9.17) is 15.6 Å². The Bertz CT molecular complexity index is 486. The largest absolute Gasteiger partial charge is 0.480 e. The number of ether oxygens (including phenoxy) is 1. The maximum Gasteiger partial charge on any atom is 0.394 e. The summed E-state index contributed by atoms with van der Waals surface area (Å²) in [6.45, 7) is 0. The van der Waals surface area contributed by atoms with Crippen LogP contribution in [0.15, 0.2) is 12.3 Å². The first-order valence-corrected chi connectivity index (χ1v) is 4.33. The molecule has 0 unspecified atom stereocenters. The van der Waals surface area contributed by atoms with Gasteiger partial charge < -0.3 is 20.9 Å². The number of carbonyl (C=O) groups excluding carboxylic acids is 2. The van der Waals surface area contributed by atoms with Crippen LogP contribution in [0, 0.1) is 0 Å². The van der Waals surface area contributed by atoms with Gasteiger partial charge in [0.05, 0.1) is 19.0 Å². The molecule has 90 valence electrons. The molecular formula is C9H9N3O5. The van der Waals surface area contributed by atoms with Crippen molar-refractivity contribution in [2.24, 2.45) is 5.73 Å². The van der Waals surface area contributed by atoms with Crippen molar-refractivity contribution in [1.82, 2.24) is 4.98 Å². The molecule has 0 spiro atoms. The van der Waals surface area contributed by atoms with E-state index in [1.165, 1.54) is 13.2 Å². The van der Waals surface area contributed by atoms with E-state index in [2.05, 4.69) is 4.98 Å². The monoisotopic (exact) mass is 239 g/mol. The number of methoxy groups -OCH3 is 1. The maximum absolute atomic E-state index is 11.0. The normalized spacial score (nSPS) is 9.47. The number of anilines is 1. The summed E-state index contributed by atoms with van der Waals surface area (Å²) < 4.78 is 4.77. The van der Waals surface area contributed by atoms with Crippen molar-refractivity contribution >= 4 is 23.5 Å². The van der Waals surface area contributed by atoms with Gasteiger partial charge in [-0.2, -0.15) is 0 Å². The first-order valence-electron chi connectivity index (χ1n) is 4.33. The average Bonchev–Trinajstić information content (AvgIpc) is 2.28. The van der Waals surface area contributed by atoms with Crippen molar-refractivity contribution in [3.8, 4) is 5.88 Å². The number of nitrogens with one attached hydrogen (secondary N) is 1. The summed E-state index contributed by atoms with van der Waals surface area (Å²) in [5, 5.41) is 10.4. The number of nitrogens with zero attached hydrogens (tertiary/aromatic N) is 1. The highest BCUT2D eigenvalue weighted by Gasteiger charge is 2.15. The molecule has 8 heteroatoms. The van der Waals surface area contributed by atoms with E-state index in [1.807, 2.05) is 5.32 Å². The zero-order valence-corrected chi connectivity index (χ0v) is 8.76. The quantitative estimate of drug-likeness (QED) is 0.592. The Hall–Kier alpha value is -2.64. The molecule has 0 saturated heterocycles. The number of amides is 2. The lowest BCUT2D eigenvalue weighted by molar-refractivity contribution is -0.147. The third-order valence-electron chi connectivity index (χ3n) is 1.76. The molecule has 0 fully saturated rings. The van der Waals surface area contributed by atoms with Crippen LogP contribution in [-0.2, 0) is 9.59 Å². The highest BCUT2D eigenvalue weighted by atomic mass is 16.5. The van der Waals surface area contributed by atoms with Gasteiger partial charge >= 0.3 is 11.9 Å². The number of hydrogen-bond donors (Lipinski definition) is 3. The number of carboxylic acid groups (broad SMARTS) is 1. The minimum Gasteiger partial charge on any atom is -0.480 e. The lowest BCUT2D eigenvalue weighted by Crippen LogP contribution is -2.22. The standard InChI is InChI=1S/C9H9N3O5/c1-17-8-5(6(10)13)2-4(3-11-8)12-7(14)9(15)16/h2-3H,1H3,(H2,10,13)(H,12,14)(H,15,16). The van der Waals surface area contributed by atoms with Crippen molar-refractivity contribution in [3.05, 3.63) is 17.8 Å². The first kappa shape index (κ1) is 12.4. The number of carboxylic acids is 1. The molecule has 1 aromatic heterocycles. The molecule has 1 heterocycles. The minimum absolute atomic E-state index is 0.00850. The molecule has 2 amide bonds. The predicted molar refractivity (Wildman–Crippen MR) is 55.6 cm³/mol. The molecule has 0 aliphatic heterocycles. The average molecular weight is 239 g/mol. The molecule has 17 heavy (non-hydrogen) atoms. The van der Waals surface area contributed by atoms with E-state index in [0.29, 0.717) is 0 Å². The Morgan fingerprint density at radius 2 is 2.12 bits per heavy atom. The van der Waals surface area contributed by atoms with E-state index < -0.39 is 17.8 Å². The summed E-state index contributed by atoms with van der Waals surface area (Å²) in [5.41, 5.74) is 5.04. The van der Waals surface area contributed by atoms with Crippen LogP contribution in [0.25, 0.3) is 0 Å². The molecule has 0 radical (unpaired) electrons. The van der Waals surface area contributed by atoms with Gasteiger partial charge in [-0.1, -0.05) is 0 Å². The molecule has 1 aromatic rings. The Morgan fingerprint density at radius 3 is 2.59 bits per heavy atom. The number of primary amides is 1. The fourth-order valence-corrected chi connectivity index (χ4v) is 1.04. The second-order valence-corrected chi connectivity index (χ2v) is 2.90. The van der Waals surface area contributed by atoms with Crippen molar-refractivity contribution in [2.75, 3.05) is 12.4 Å². The van der Waals surface area contributed by atoms with Gasteiger partial charge in [-0.05, 0) is 6.07 Å². The fourth-order valence-electron chi connectivity index (χ4n) is 1.04. The van der Waals surface area contributed by atoms with E-state index in [0.717, 1.165) is 6.20 Å². The lowest BCUT2D eigenvalue weighted by atomic mass is 10.2. The maximum atomic E-state index is 11.0. The van der Waals surface area contributed by atoms with Crippen LogP contribution < -0.4 is 15.8 Å². The van der Waals surface area contributed by atoms with Gasteiger partial charge in [-0.15, -0.1) is 0 Å². The minimum atomic E-state index is -1.65. The van der Waals surface area contributed by atoms with Crippen LogP contribution in [0.5, 0.6) is 5.88 Å². The molecule has 0 aliphatic rings.